The van der Waals surface area contributed by atoms with Gasteiger partial charge in [-0.3, -0.25) is 19.9 Å². The highest BCUT2D eigenvalue weighted by Gasteiger charge is 2.45. The molecule has 0 aromatic heterocycles. The van der Waals surface area contributed by atoms with E-state index < -0.39 is 17.9 Å². The molecule has 0 aliphatic carbocycles. The van der Waals surface area contributed by atoms with E-state index in [0.717, 1.165) is 4.90 Å². The molecule has 2 aliphatic rings. The minimum atomic E-state index is -0.974. The molecule has 1 amide bonds. The van der Waals surface area contributed by atoms with Crippen LogP contribution in [0.1, 0.15) is 34.1 Å². The van der Waals surface area contributed by atoms with Crippen LogP contribution in [0.25, 0.3) is 0 Å². The van der Waals surface area contributed by atoms with Crippen molar-refractivity contribution in [3.05, 3.63) is 10.6 Å². The van der Waals surface area contributed by atoms with Gasteiger partial charge < -0.3 is 9.47 Å². The number of hydrogen-bond acceptors (Lipinski definition) is 7. The number of carbonyl (C=O) groups excluding carboxylic acids is 3. The van der Waals surface area contributed by atoms with E-state index in [4.69, 9.17) is 14.9 Å². The Morgan fingerprint density at radius 1 is 1.22 bits per heavy atom. The third-order valence-electron chi connectivity index (χ3n) is 3.25. The van der Waals surface area contributed by atoms with E-state index in [1.54, 1.807) is 27.7 Å². The van der Waals surface area contributed by atoms with Gasteiger partial charge in [-0.1, -0.05) is 11.8 Å². The van der Waals surface area contributed by atoms with Gasteiger partial charge in [0.1, 0.15) is 11.8 Å². The van der Waals surface area contributed by atoms with Crippen LogP contribution in [0.3, 0.4) is 0 Å². The van der Waals surface area contributed by atoms with Crippen LogP contribution in [0.2, 0.25) is 0 Å². The molecule has 2 rings (SSSR count). The molecule has 2 aliphatic heterocycles. The fraction of sp³-hybridized carbons (Fsp3) is 0.600. The summed E-state index contributed by atoms with van der Waals surface area (Å²) in [5.41, 5.74) is 0.260. The zero-order valence-corrected chi connectivity index (χ0v) is 14.4. The molecule has 2 heterocycles. The highest BCUT2D eigenvalue weighted by atomic mass is 32.2. The molecule has 8 heteroatoms. The summed E-state index contributed by atoms with van der Waals surface area (Å²) in [6.07, 6.45) is -0.633. The Morgan fingerprint density at radius 2 is 1.83 bits per heavy atom. The fourth-order valence-electron chi connectivity index (χ4n) is 2.35. The van der Waals surface area contributed by atoms with Crippen molar-refractivity contribution in [2.24, 2.45) is 5.92 Å². The van der Waals surface area contributed by atoms with Crippen LogP contribution in [0.5, 0.6) is 0 Å². The van der Waals surface area contributed by atoms with Gasteiger partial charge in [0, 0.05) is 6.42 Å². The lowest BCUT2D eigenvalue weighted by Crippen LogP contribution is -2.45. The summed E-state index contributed by atoms with van der Waals surface area (Å²) in [5, 5.41) is 8.56. The van der Waals surface area contributed by atoms with Crippen LogP contribution in [0, 0.1) is 11.3 Å². The molecule has 1 saturated heterocycles. The number of nitrogens with one attached hydrogen (secondary N) is 1. The van der Waals surface area contributed by atoms with E-state index >= 15 is 0 Å². The zero-order chi connectivity index (χ0) is 17.3. The first-order valence-corrected chi connectivity index (χ1v) is 8.39. The average molecular weight is 340 g/mol. The Labute approximate surface area is 138 Å². The van der Waals surface area contributed by atoms with Crippen molar-refractivity contribution in [1.82, 2.24) is 4.90 Å². The molecule has 7 nitrogen and oxygen atoms in total. The zero-order valence-electron chi connectivity index (χ0n) is 13.5. The van der Waals surface area contributed by atoms with Crippen molar-refractivity contribution in [1.29, 1.82) is 5.41 Å². The van der Waals surface area contributed by atoms with E-state index in [9.17, 15) is 14.4 Å². The molecule has 0 saturated carbocycles. The van der Waals surface area contributed by atoms with Crippen molar-refractivity contribution >= 4 is 35.4 Å². The predicted octanol–water partition coefficient (Wildman–Crippen LogP) is 1.67. The molecule has 1 N–H and O–H groups in total. The van der Waals surface area contributed by atoms with Crippen LogP contribution in [-0.2, 0) is 23.9 Å². The van der Waals surface area contributed by atoms with E-state index in [1.165, 1.54) is 11.8 Å². The number of thioether (sulfide) groups is 1. The Morgan fingerprint density at radius 3 is 2.39 bits per heavy atom. The van der Waals surface area contributed by atoms with E-state index in [2.05, 4.69) is 0 Å². The minimum absolute atomic E-state index is 0.0159. The second-order valence-corrected chi connectivity index (χ2v) is 6.85. The summed E-state index contributed by atoms with van der Waals surface area (Å²) in [6.45, 7) is 6.86. The van der Waals surface area contributed by atoms with Crippen LogP contribution in [0.4, 0.5) is 0 Å². The van der Waals surface area contributed by atoms with E-state index in [1.807, 2.05) is 0 Å². The highest BCUT2D eigenvalue weighted by Crippen LogP contribution is 2.40. The summed E-state index contributed by atoms with van der Waals surface area (Å²) < 4.78 is 10.4. The van der Waals surface area contributed by atoms with Gasteiger partial charge in [0.15, 0.2) is 0 Å². The van der Waals surface area contributed by atoms with Gasteiger partial charge in [-0.05, 0) is 27.7 Å². The number of esters is 2. The summed E-state index contributed by atoms with van der Waals surface area (Å²) in [6, 6.07) is 0. The third kappa shape index (κ3) is 3.57. The quantitative estimate of drug-likeness (QED) is 0.782. The van der Waals surface area contributed by atoms with Crippen molar-refractivity contribution < 1.29 is 23.9 Å². The number of carbonyl (C=O) groups is 3. The fourth-order valence-corrected chi connectivity index (χ4v) is 3.41. The van der Waals surface area contributed by atoms with Crippen LogP contribution in [0.15, 0.2) is 10.6 Å². The molecular weight excluding hydrogens is 320 g/mol. The van der Waals surface area contributed by atoms with Gasteiger partial charge in [-0.25, -0.2) is 4.79 Å². The van der Waals surface area contributed by atoms with Crippen LogP contribution >= 0.6 is 11.8 Å². The molecule has 0 radical (unpaired) electrons. The highest BCUT2D eigenvalue weighted by molar-refractivity contribution is 8.04. The number of ether oxygens (including phenoxy) is 2. The Hall–Kier alpha value is -1.83. The second kappa shape index (κ2) is 6.74. The van der Waals surface area contributed by atoms with Gasteiger partial charge in [0.05, 0.1) is 28.6 Å². The molecule has 126 valence electrons. The third-order valence-corrected chi connectivity index (χ3v) is 4.34. The monoisotopic (exact) mass is 340 g/mol. The summed E-state index contributed by atoms with van der Waals surface area (Å²) in [7, 11) is 0. The molecule has 0 spiro atoms. The SMILES string of the molecule is CC(C)OC(=O)C1=C2SCC(=O)N2C(=N)C(C(=O)OC(C)C)C1. The summed E-state index contributed by atoms with van der Waals surface area (Å²) in [5.74, 6) is -2.45. The molecule has 0 aromatic rings. The number of rotatable bonds is 4. The number of fused-ring (bicyclic) bond motifs is 1. The molecule has 1 atom stereocenters. The van der Waals surface area contributed by atoms with Gasteiger partial charge in [-0.15, -0.1) is 0 Å². The topological polar surface area (TPSA) is 96.8 Å². The lowest BCUT2D eigenvalue weighted by atomic mass is 9.94. The van der Waals surface area contributed by atoms with Crippen molar-refractivity contribution in [3.8, 4) is 0 Å². The molecule has 23 heavy (non-hydrogen) atoms. The lowest BCUT2D eigenvalue weighted by molar-refractivity contribution is -0.150. The first-order chi connectivity index (χ1) is 10.7. The average Bonchev–Trinajstić information content (AvgIpc) is 2.80. The summed E-state index contributed by atoms with van der Waals surface area (Å²) in [4.78, 5) is 37.7. The Kier molecular flexibility index (Phi) is 5.13. The smallest absolute Gasteiger partial charge is 0.336 e. The maximum absolute atomic E-state index is 12.3. The molecule has 1 unspecified atom stereocenters. The van der Waals surface area contributed by atoms with Gasteiger partial charge in [0.2, 0.25) is 5.91 Å². The molecule has 0 aromatic carbocycles. The maximum Gasteiger partial charge on any atom is 0.336 e. The number of amides is 1. The number of hydrogen-bond donors (Lipinski definition) is 1. The van der Waals surface area contributed by atoms with Crippen LogP contribution < -0.4 is 0 Å². The lowest BCUT2D eigenvalue weighted by Gasteiger charge is -2.31. The Balaban J connectivity index is 2.35. The van der Waals surface area contributed by atoms with E-state index in [-0.39, 0.29) is 41.7 Å². The van der Waals surface area contributed by atoms with Crippen molar-refractivity contribution in [2.45, 2.75) is 46.3 Å². The van der Waals surface area contributed by atoms with Gasteiger partial charge in [0.25, 0.3) is 0 Å². The molecular formula is C15H20N2O5S. The number of amidine groups is 1. The predicted molar refractivity (Wildman–Crippen MR) is 84.6 cm³/mol. The summed E-state index contributed by atoms with van der Waals surface area (Å²) >= 11 is 1.19. The second-order valence-electron chi connectivity index (χ2n) is 5.88. The standard InChI is InChI=1S/C15H20N2O5S/c1-7(2)21-14(19)9-5-10(15(20)22-8(3)4)13-17(12(9)16)11(18)6-23-13/h7-9,16H,5-6H2,1-4H3. The van der Waals surface area contributed by atoms with Gasteiger partial charge in [-0.2, -0.15) is 0 Å². The molecule has 1 fully saturated rings. The van der Waals surface area contributed by atoms with Crippen molar-refractivity contribution in [3.63, 3.8) is 0 Å². The van der Waals surface area contributed by atoms with Crippen molar-refractivity contribution in [2.75, 3.05) is 5.75 Å². The Bertz CT molecular complexity index is 597. The first-order valence-electron chi connectivity index (χ1n) is 7.41. The normalized spacial score (nSPS) is 21.1. The minimum Gasteiger partial charge on any atom is -0.462 e. The molecule has 0 bridgehead atoms. The largest absolute Gasteiger partial charge is 0.462 e. The maximum atomic E-state index is 12.3. The van der Waals surface area contributed by atoms with Gasteiger partial charge >= 0.3 is 11.9 Å². The van der Waals surface area contributed by atoms with E-state index in [0.29, 0.717) is 5.03 Å². The first kappa shape index (κ1) is 17.5. The number of nitrogens with zero attached hydrogens (tertiary/aromatic N) is 1. The van der Waals surface area contributed by atoms with Crippen LogP contribution in [-0.4, -0.2) is 46.5 Å².